The first-order chi connectivity index (χ1) is 19.6. The van der Waals surface area contributed by atoms with Crippen molar-refractivity contribution in [3.8, 4) is 11.1 Å². The Labute approximate surface area is 248 Å². The molecule has 3 atom stereocenters. The molecule has 2 aliphatic rings. The number of methoxy groups -OCH3 is 1. The van der Waals surface area contributed by atoms with E-state index in [0.717, 1.165) is 38.2 Å². The summed E-state index contributed by atoms with van der Waals surface area (Å²) >= 11 is 7.89. The fourth-order valence-corrected chi connectivity index (χ4v) is 7.62. The monoisotopic (exact) mass is 599 g/mol. The van der Waals surface area contributed by atoms with E-state index in [-0.39, 0.29) is 34.7 Å². The van der Waals surface area contributed by atoms with E-state index in [1.807, 2.05) is 25.7 Å². The van der Waals surface area contributed by atoms with Gasteiger partial charge in [0.25, 0.3) is 0 Å². The van der Waals surface area contributed by atoms with Crippen LogP contribution in [0.15, 0.2) is 46.6 Å². The smallest absolute Gasteiger partial charge is 0.350 e. The van der Waals surface area contributed by atoms with Gasteiger partial charge in [0.2, 0.25) is 5.91 Å². The molecule has 0 aliphatic carbocycles. The van der Waals surface area contributed by atoms with Gasteiger partial charge in [-0.25, -0.2) is 9.18 Å². The summed E-state index contributed by atoms with van der Waals surface area (Å²) in [4.78, 5) is 35.8. The van der Waals surface area contributed by atoms with Crippen molar-refractivity contribution in [2.75, 3.05) is 44.0 Å². The number of anilines is 1. The second kappa shape index (κ2) is 12.1. The summed E-state index contributed by atoms with van der Waals surface area (Å²) in [6.07, 6.45) is 1.35. The third-order valence-corrected chi connectivity index (χ3v) is 9.37. The van der Waals surface area contributed by atoms with Crippen molar-refractivity contribution in [3.63, 3.8) is 0 Å². The van der Waals surface area contributed by atoms with E-state index in [4.69, 9.17) is 16.3 Å². The van der Waals surface area contributed by atoms with Gasteiger partial charge in [0.05, 0.1) is 17.1 Å². The molecular weight excluding hydrogens is 565 g/mol. The largest absolute Gasteiger partial charge is 0.383 e. The maximum Gasteiger partial charge on any atom is 0.350 e. The van der Waals surface area contributed by atoms with Gasteiger partial charge in [0.1, 0.15) is 11.6 Å². The third-order valence-electron chi connectivity index (χ3n) is 7.82. The zero-order valence-corrected chi connectivity index (χ0v) is 25.3. The Balaban J connectivity index is 1.69. The van der Waals surface area contributed by atoms with Gasteiger partial charge in [0, 0.05) is 73.0 Å². The number of carbonyl (C=O) groups is 1. The van der Waals surface area contributed by atoms with Gasteiger partial charge >= 0.3 is 5.69 Å². The molecule has 1 fully saturated rings. The Morgan fingerprint density at radius 1 is 1.27 bits per heavy atom. The molecule has 5 rings (SSSR count). The summed E-state index contributed by atoms with van der Waals surface area (Å²) in [5, 5.41) is 4.44. The molecule has 0 spiro atoms. The number of carbonyl (C=O) groups excluding carboxylic acids is 1. The van der Waals surface area contributed by atoms with E-state index in [0.29, 0.717) is 38.6 Å². The fourth-order valence-electron chi connectivity index (χ4n) is 6.06. The standard InChI is InChI=1S/C30H35ClFN5O3S/c1-6-25(38)37-18(3)13-35(14-19(37)4)29-22-11-17(2)26(20-7-8-24(32)23(31)12-20)28-27(22)36(30(39)34-29)15-21(16-41-28)33-9-10-40-5/h6-8,11-12,18-19,21,33H,1,9-10,13-16H2,2-5H3/t18-,19+,21?. The highest BCUT2D eigenvalue weighted by Gasteiger charge is 2.34. The summed E-state index contributed by atoms with van der Waals surface area (Å²) < 4.78 is 21.1. The molecule has 2 aromatic carbocycles. The number of nitrogens with zero attached hydrogens (tertiary/aromatic N) is 4. The van der Waals surface area contributed by atoms with Crippen LogP contribution in [-0.4, -0.2) is 77.6 Å². The molecule has 1 amide bonds. The number of piperazine rings is 1. The molecule has 0 radical (unpaired) electrons. The van der Waals surface area contributed by atoms with Crippen molar-refractivity contribution in [2.45, 2.75) is 50.3 Å². The van der Waals surface area contributed by atoms with Crippen molar-refractivity contribution < 1.29 is 13.9 Å². The Hall–Kier alpha value is -2.92. The number of amides is 1. The van der Waals surface area contributed by atoms with Crippen LogP contribution in [0.2, 0.25) is 5.02 Å². The summed E-state index contributed by atoms with van der Waals surface area (Å²) in [5.74, 6) is 0.755. The van der Waals surface area contributed by atoms with E-state index in [1.165, 1.54) is 12.1 Å². The number of nitrogens with one attached hydrogen (secondary N) is 1. The molecule has 8 nitrogen and oxygen atoms in total. The van der Waals surface area contributed by atoms with Crippen LogP contribution in [0.4, 0.5) is 10.2 Å². The summed E-state index contributed by atoms with van der Waals surface area (Å²) in [6, 6.07) is 6.64. The maximum atomic E-state index is 14.1. The summed E-state index contributed by atoms with van der Waals surface area (Å²) in [6.45, 7) is 12.4. The zero-order chi connectivity index (χ0) is 29.4. The molecular formula is C30H35ClFN5O3S. The molecule has 41 heavy (non-hydrogen) atoms. The number of rotatable bonds is 7. The second-order valence-corrected chi connectivity index (χ2v) is 12.2. The minimum absolute atomic E-state index is 0.00886. The summed E-state index contributed by atoms with van der Waals surface area (Å²) in [7, 11) is 1.66. The lowest BCUT2D eigenvalue weighted by molar-refractivity contribution is -0.130. The first-order valence-corrected chi connectivity index (χ1v) is 15.1. The molecule has 1 unspecified atom stereocenters. The van der Waals surface area contributed by atoms with Crippen molar-refractivity contribution in [1.29, 1.82) is 0 Å². The van der Waals surface area contributed by atoms with Crippen molar-refractivity contribution in [3.05, 3.63) is 63.8 Å². The maximum absolute atomic E-state index is 14.1. The topological polar surface area (TPSA) is 79.7 Å². The molecule has 1 saturated heterocycles. The number of thioether (sulfide) groups is 1. The Morgan fingerprint density at radius 2 is 2.00 bits per heavy atom. The Bertz CT molecular complexity index is 1550. The quantitative estimate of drug-likeness (QED) is 0.317. The first-order valence-electron chi connectivity index (χ1n) is 13.7. The SMILES string of the molecule is C=CC(=O)N1[C@H](C)CN(c2nc(=O)n3c4c(c(-c5ccc(F)c(Cl)c5)c(C)cc24)SCC(NCCOC)C3)C[C@@H]1C. The molecule has 2 aliphatic heterocycles. The van der Waals surface area contributed by atoms with Crippen LogP contribution < -0.4 is 15.9 Å². The number of aromatic nitrogens is 2. The lowest BCUT2D eigenvalue weighted by atomic mass is 9.97. The third kappa shape index (κ3) is 5.62. The average Bonchev–Trinajstić information content (AvgIpc) is 3.12. The molecule has 0 bridgehead atoms. The molecule has 1 N–H and O–H groups in total. The minimum atomic E-state index is -0.476. The molecule has 3 aromatic rings. The number of hydrogen-bond acceptors (Lipinski definition) is 7. The molecule has 218 valence electrons. The first kappa shape index (κ1) is 29.6. The van der Waals surface area contributed by atoms with Crippen LogP contribution in [0.3, 0.4) is 0 Å². The van der Waals surface area contributed by atoms with Gasteiger partial charge in [-0.2, -0.15) is 4.98 Å². The van der Waals surface area contributed by atoms with E-state index in [2.05, 4.69) is 27.8 Å². The van der Waals surface area contributed by atoms with Crippen LogP contribution in [0, 0.1) is 12.7 Å². The molecule has 1 aromatic heterocycles. The van der Waals surface area contributed by atoms with E-state index < -0.39 is 5.82 Å². The lowest BCUT2D eigenvalue weighted by Crippen LogP contribution is -2.58. The number of hydrogen-bond donors (Lipinski definition) is 1. The minimum Gasteiger partial charge on any atom is -0.383 e. The predicted octanol–water partition coefficient (Wildman–Crippen LogP) is 4.49. The number of ether oxygens (including phenoxy) is 1. The van der Waals surface area contributed by atoms with E-state index in [9.17, 15) is 14.0 Å². The highest BCUT2D eigenvalue weighted by Crippen LogP contribution is 2.44. The molecule has 11 heteroatoms. The van der Waals surface area contributed by atoms with Gasteiger partial charge in [-0.1, -0.05) is 24.2 Å². The highest BCUT2D eigenvalue weighted by molar-refractivity contribution is 7.99. The van der Waals surface area contributed by atoms with Gasteiger partial charge in [-0.3, -0.25) is 9.36 Å². The van der Waals surface area contributed by atoms with Crippen LogP contribution in [0.5, 0.6) is 0 Å². The Kier molecular flexibility index (Phi) is 8.75. The van der Waals surface area contributed by atoms with Crippen molar-refractivity contribution >= 4 is 46.0 Å². The van der Waals surface area contributed by atoms with Crippen LogP contribution in [0.1, 0.15) is 19.4 Å². The van der Waals surface area contributed by atoms with E-state index >= 15 is 0 Å². The summed E-state index contributed by atoms with van der Waals surface area (Å²) in [5.41, 5.74) is 3.18. The zero-order valence-electron chi connectivity index (χ0n) is 23.7. The van der Waals surface area contributed by atoms with Gasteiger partial charge in [-0.15, -0.1) is 11.8 Å². The van der Waals surface area contributed by atoms with Crippen molar-refractivity contribution in [2.24, 2.45) is 0 Å². The van der Waals surface area contributed by atoms with Gasteiger partial charge < -0.3 is 19.9 Å². The van der Waals surface area contributed by atoms with Gasteiger partial charge in [0.15, 0.2) is 0 Å². The predicted molar refractivity (Wildman–Crippen MR) is 164 cm³/mol. The number of halogens is 2. The lowest BCUT2D eigenvalue weighted by Gasteiger charge is -2.44. The van der Waals surface area contributed by atoms with Crippen molar-refractivity contribution in [1.82, 2.24) is 19.8 Å². The second-order valence-electron chi connectivity index (χ2n) is 10.8. The Morgan fingerprint density at radius 3 is 2.66 bits per heavy atom. The van der Waals surface area contributed by atoms with Crippen LogP contribution in [0.25, 0.3) is 22.0 Å². The van der Waals surface area contributed by atoms with E-state index in [1.54, 1.807) is 35.6 Å². The average molecular weight is 600 g/mol. The van der Waals surface area contributed by atoms with Crippen LogP contribution in [-0.2, 0) is 16.1 Å². The normalized spacial score (nSPS) is 20.8. The molecule has 0 saturated carbocycles. The fraction of sp³-hybridized carbons (Fsp3) is 0.433. The number of benzene rings is 2. The van der Waals surface area contributed by atoms with Crippen LogP contribution >= 0.6 is 23.4 Å². The molecule has 3 heterocycles. The highest BCUT2D eigenvalue weighted by atomic mass is 35.5. The number of aryl methyl sites for hydroxylation is 1. The van der Waals surface area contributed by atoms with Gasteiger partial charge in [-0.05, 0) is 56.2 Å².